The summed E-state index contributed by atoms with van der Waals surface area (Å²) < 4.78 is 5.70. The highest BCUT2D eigenvalue weighted by atomic mass is 35.5. The monoisotopic (exact) mass is 302 g/mol. The number of hydrogen-bond donors (Lipinski definition) is 0. The molecule has 1 spiro atoms. The summed E-state index contributed by atoms with van der Waals surface area (Å²) in [5.74, 6) is 0.589. The molecule has 0 aromatic carbocycles. The molecular formula is C15H15ClN4O. The summed E-state index contributed by atoms with van der Waals surface area (Å²) in [6.07, 6.45) is 2.57. The zero-order chi connectivity index (χ0) is 15.0. The van der Waals surface area contributed by atoms with E-state index in [0.717, 1.165) is 32.5 Å². The fourth-order valence-corrected chi connectivity index (χ4v) is 3.38. The molecule has 5 nitrogen and oxygen atoms in total. The molecule has 0 aliphatic carbocycles. The van der Waals surface area contributed by atoms with Gasteiger partial charge in [-0.3, -0.25) is 0 Å². The molecule has 3 heterocycles. The van der Waals surface area contributed by atoms with Crippen molar-refractivity contribution in [1.82, 2.24) is 4.98 Å². The average molecular weight is 303 g/mol. The summed E-state index contributed by atoms with van der Waals surface area (Å²) in [5.41, 5.74) is 1.40. The highest BCUT2D eigenvalue weighted by molar-refractivity contribution is 6.30. The Morgan fingerprint density at radius 3 is 2.52 bits per heavy atom. The first-order valence-electron chi connectivity index (χ1n) is 7.05. The normalized spacial score (nSPS) is 23.7. The van der Waals surface area contributed by atoms with Crippen LogP contribution in [0.4, 0.5) is 5.82 Å². The molecule has 1 aromatic heterocycles. The number of rotatable bonds is 2. The highest BCUT2D eigenvalue weighted by Crippen LogP contribution is 2.39. The minimum Gasteiger partial charge on any atom is -0.373 e. The summed E-state index contributed by atoms with van der Waals surface area (Å²) >= 11 is 6.14. The molecule has 21 heavy (non-hydrogen) atoms. The summed E-state index contributed by atoms with van der Waals surface area (Å²) in [6.45, 7) is 4.26. The molecule has 0 saturated carbocycles. The molecule has 0 radical (unpaired) electrons. The van der Waals surface area contributed by atoms with Crippen molar-refractivity contribution < 1.29 is 4.74 Å². The lowest BCUT2D eigenvalue weighted by molar-refractivity contribution is -0.130. The van der Waals surface area contributed by atoms with Gasteiger partial charge in [-0.15, -0.1) is 0 Å². The Labute approximate surface area is 128 Å². The molecule has 108 valence electrons. The molecule has 0 amide bonds. The first-order valence-corrected chi connectivity index (χ1v) is 7.43. The number of ether oxygens (including phenoxy) is 1. The van der Waals surface area contributed by atoms with Crippen LogP contribution in [-0.4, -0.2) is 30.3 Å². The van der Waals surface area contributed by atoms with Gasteiger partial charge in [0, 0.05) is 19.5 Å². The number of anilines is 1. The zero-order valence-corrected chi connectivity index (χ0v) is 12.6. The van der Waals surface area contributed by atoms with Gasteiger partial charge in [-0.05, 0) is 18.4 Å². The number of aromatic nitrogens is 1. The second-order valence-corrected chi connectivity index (χ2v) is 5.84. The van der Waals surface area contributed by atoms with Gasteiger partial charge < -0.3 is 9.64 Å². The van der Waals surface area contributed by atoms with E-state index in [1.807, 2.05) is 6.92 Å². The summed E-state index contributed by atoms with van der Waals surface area (Å²) in [4.78, 5) is 6.38. The number of pyridine rings is 1. The van der Waals surface area contributed by atoms with Gasteiger partial charge in [0.1, 0.15) is 23.1 Å². The van der Waals surface area contributed by atoms with Crippen LogP contribution in [0, 0.1) is 22.7 Å². The molecule has 6 heteroatoms. The van der Waals surface area contributed by atoms with Crippen LogP contribution >= 0.6 is 11.6 Å². The quantitative estimate of drug-likeness (QED) is 0.784. The van der Waals surface area contributed by atoms with Crippen LogP contribution in [0.15, 0.2) is 0 Å². The first kappa shape index (κ1) is 14.1. The fraction of sp³-hybridized carbons (Fsp3) is 0.533. The maximum atomic E-state index is 9.50. The Balaban J connectivity index is 2.05. The lowest BCUT2D eigenvalue weighted by Crippen LogP contribution is -2.46. The van der Waals surface area contributed by atoms with Gasteiger partial charge in [0.15, 0.2) is 0 Å². The molecular weight excluding hydrogens is 288 g/mol. The Kier molecular flexibility index (Phi) is 3.49. The summed E-state index contributed by atoms with van der Waals surface area (Å²) in [7, 11) is 0. The van der Waals surface area contributed by atoms with Gasteiger partial charge in [-0.25, -0.2) is 4.98 Å². The molecule has 3 rings (SSSR count). The van der Waals surface area contributed by atoms with Gasteiger partial charge in [0.05, 0.1) is 23.3 Å². The van der Waals surface area contributed by atoms with E-state index in [9.17, 15) is 10.5 Å². The summed E-state index contributed by atoms with van der Waals surface area (Å²) in [6, 6.07) is 4.26. The second kappa shape index (κ2) is 5.18. The standard InChI is InChI=1S/C15H15ClN4O/c1-2-10-11(7-17)13(16)19-14(12(10)8-18)20-5-3-15(9-20)4-6-21-15/h2-6,9H2,1H3. The zero-order valence-electron chi connectivity index (χ0n) is 11.8. The van der Waals surface area contributed by atoms with Crippen molar-refractivity contribution in [3.63, 3.8) is 0 Å². The van der Waals surface area contributed by atoms with E-state index in [4.69, 9.17) is 16.3 Å². The van der Waals surface area contributed by atoms with Gasteiger partial charge in [0.25, 0.3) is 0 Å². The molecule has 1 aromatic rings. The molecule has 2 aliphatic rings. The van der Waals surface area contributed by atoms with Crippen LogP contribution in [0.5, 0.6) is 0 Å². The lowest BCUT2D eigenvalue weighted by atomic mass is 9.94. The largest absolute Gasteiger partial charge is 0.373 e. The predicted octanol–water partition coefficient (Wildman–Crippen LogP) is 2.41. The lowest BCUT2D eigenvalue weighted by Gasteiger charge is -2.38. The van der Waals surface area contributed by atoms with Crippen LogP contribution in [0.1, 0.15) is 36.5 Å². The molecule has 1 unspecified atom stereocenters. The van der Waals surface area contributed by atoms with Crippen molar-refractivity contribution in [1.29, 1.82) is 10.5 Å². The van der Waals surface area contributed by atoms with Crippen molar-refractivity contribution in [2.45, 2.75) is 31.8 Å². The maximum Gasteiger partial charge on any atom is 0.149 e. The van der Waals surface area contributed by atoms with E-state index in [-0.39, 0.29) is 10.8 Å². The Bertz CT molecular complexity index is 670. The fourth-order valence-electron chi connectivity index (χ4n) is 3.14. The molecule has 2 aliphatic heterocycles. The summed E-state index contributed by atoms with van der Waals surface area (Å²) in [5, 5.41) is 18.9. The van der Waals surface area contributed by atoms with Crippen LogP contribution < -0.4 is 4.90 Å². The minimum atomic E-state index is -0.0683. The van der Waals surface area contributed by atoms with Crippen molar-refractivity contribution in [3.05, 3.63) is 21.8 Å². The van der Waals surface area contributed by atoms with Crippen molar-refractivity contribution in [3.8, 4) is 12.1 Å². The van der Waals surface area contributed by atoms with Gasteiger partial charge in [-0.2, -0.15) is 10.5 Å². The van der Waals surface area contributed by atoms with Gasteiger partial charge >= 0.3 is 0 Å². The predicted molar refractivity (Wildman–Crippen MR) is 78.2 cm³/mol. The van der Waals surface area contributed by atoms with Crippen LogP contribution in [-0.2, 0) is 11.2 Å². The van der Waals surface area contributed by atoms with E-state index in [1.54, 1.807) is 0 Å². The topological polar surface area (TPSA) is 72.9 Å². The van der Waals surface area contributed by atoms with Crippen LogP contribution in [0.2, 0.25) is 5.15 Å². The molecule has 2 saturated heterocycles. The smallest absolute Gasteiger partial charge is 0.149 e. The Morgan fingerprint density at radius 1 is 1.33 bits per heavy atom. The van der Waals surface area contributed by atoms with E-state index in [1.165, 1.54) is 0 Å². The van der Waals surface area contributed by atoms with Crippen molar-refractivity contribution >= 4 is 17.4 Å². The maximum absolute atomic E-state index is 9.50. The van der Waals surface area contributed by atoms with Gasteiger partial charge in [-0.1, -0.05) is 18.5 Å². The van der Waals surface area contributed by atoms with Gasteiger partial charge in [0.2, 0.25) is 0 Å². The minimum absolute atomic E-state index is 0.0683. The second-order valence-electron chi connectivity index (χ2n) is 5.48. The van der Waals surface area contributed by atoms with E-state index in [0.29, 0.717) is 28.9 Å². The van der Waals surface area contributed by atoms with Crippen LogP contribution in [0.25, 0.3) is 0 Å². The van der Waals surface area contributed by atoms with E-state index in [2.05, 4.69) is 22.0 Å². The van der Waals surface area contributed by atoms with Crippen molar-refractivity contribution in [2.75, 3.05) is 24.6 Å². The molecule has 0 N–H and O–H groups in total. The van der Waals surface area contributed by atoms with Crippen molar-refractivity contribution in [2.24, 2.45) is 0 Å². The molecule has 1 atom stereocenters. The van der Waals surface area contributed by atoms with Crippen LogP contribution in [0.3, 0.4) is 0 Å². The number of halogens is 1. The Hall–Kier alpha value is -1.82. The number of nitrogens with zero attached hydrogens (tertiary/aromatic N) is 4. The SMILES string of the molecule is CCc1c(C#N)c(Cl)nc(N2CCC3(CCO3)C2)c1C#N. The third-order valence-corrected chi connectivity index (χ3v) is 4.67. The average Bonchev–Trinajstić information content (AvgIpc) is 2.91. The van der Waals surface area contributed by atoms with E-state index >= 15 is 0 Å². The highest BCUT2D eigenvalue weighted by Gasteiger charge is 2.45. The number of hydrogen-bond acceptors (Lipinski definition) is 5. The molecule has 0 bridgehead atoms. The Morgan fingerprint density at radius 2 is 2.05 bits per heavy atom. The first-order chi connectivity index (χ1) is 10.1. The third kappa shape index (κ3) is 2.14. The van der Waals surface area contributed by atoms with E-state index < -0.39 is 0 Å². The number of nitriles is 2. The third-order valence-electron chi connectivity index (χ3n) is 4.40. The molecule has 2 fully saturated rings.